The van der Waals surface area contributed by atoms with Gasteiger partial charge in [0.1, 0.15) is 18.1 Å². The van der Waals surface area contributed by atoms with Gasteiger partial charge < -0.3 is 0 Å². The van der Waals surface area contributed by atoms with E-state index in [-0.39, 0.29) is 0 Å². The number of allylic oxidation sites excluding steroid dienone is 1. The van der Waals surface area contributed by atoms with E-state index in [2.05, 4.69) is 58.2 Å². The van der Waals surface area contributed by atoms with Crippen LogP contribution in [0.3, 0.4) is 0 Å². The molecule has 0 N–H and O–H groups in total. The normalized spacial score (nSPS) is 13.8. The SMILES string of the molecule is C[n+]1ccn(C2=CCc3ccccc32)c1. The Kier molecular flexibility index (Phi) is 1.75. The van der Waals surface area contributed by atoms with Gasteiger partial charge in [0.05, 0.1) is 7.05 Å². The van der Waals surface area contributed by atoms with Gasteiger partial charge in [0.15, 0.2) is 0 Å². The lowest BCUT2D eigenvalue weighted by atomic mass is 10.1. The summed E-state index contributed by atoms with van der Waals surface area (Å²) in [5.74, 6) is 0. The fraction of sp³-hybridized carbons (Fsp3) is 0.154. The third kappa shape index (κ3) is 1.30. The van der Waals surface area contributed by atoms with Crippen LogP contribution in [0, 0.1) is 0 Å². The fourth-order valence-corrected chi connectivity index (χ4v) is 2.10. The Bertz CT molecular complexity index is 535. The zero-order chi connectivity index (χ0) is 10.3. The number of hydrogen-bond donors (Lipinski definition) is 0. The monoisotopic (exact) mass is 197 g/mol. The minimum atomic E-state index is 1.05. The zero-order valence-corrected chi connectivity index (χ0v) is 8.72. The van der Waals surface area contributed by atoms with E-state index in [4.69, 9.17) is 0 Å². The van der Waals surface area contributed by atoms with Crippen molar-refractivity contribution < 1.29 is 4.57 Å². The largest absolute Gasteiger partial charge is 0.248 e. The summed E-state index contributed by atoms with van der Waals surface area (Å²) in [4.78, 5) is 0. The van der Waals surface area contributed by atoms with Crippen molar-refractivity contribution in [2.75, 3.05) is 0 Å². The van der Waals surface area contributed by atoms with Gasteiger partial charge in [-0.15, -0.1) is 0 Å². The first-order valence-corrected chi connectivity index (χ1v) is 5.16. The highest BCUT2D eigenvalue weighted by atomic mass is 15.1. The summed E-state index contributed by atoms with van der Waals surface area (Å²) in [6.07, 6.45) is 9.57. The van der Waals surface area contributed by atoms with Crippen LogP contribution in [0.1, 0.15) is 11.1 Å². The number of rotatable bonds is 1. The summed E-state index contributed by atoms with van der Waals surface area (Å²) in [6.45, 7) is 0. The summed E-state index contributed by atoms with van der Waals surface area (Å²) < 4.78 is 4.23. The highest BCUT2D eigenvalue weighted by Crippen LogP contribution is 2.27. The molecule has 1 aromatic heterocycles. The van der Waals surface area contributed by atoms with Crippen molar-refractivity contribution in [2.45, 2.75) is 6.42 Å². The Hall–Kier alpha value is -1.83. The van der Waals surface area contributed by atoms with Gasteiger partial charge in [-0.2, -0.15) is 0 Å². The van der Waals surface area contributed by atoms with Crippen LogP contribution in [0.25, 0.3) is 5.70 Å². The highest BCUT2D eigenvalue weighted by Gasteiger charge is 2.18. The number of nitrogens with zero attached hydrogens (tertiary/aromatic N) is 2. The van der Waals surface area contributed by atoms with Crippen LogP contribution in [0.4, 0.5) is 0 Å². The second kappa shape index (κ2) is 3.09. The molecule has 2 heteroatoms. The third-order valence-electron chi connectivity index (χ3n) is 2.86. The number of fused-ring (bicyclic) bond motifs is 1. The van der Waals surface area contributed by atoms with Crippen LogP contribution in [-0.4, -0.2) is 4.57 Å². The van der Waals surface area contributed by atoms with Gasteiger partial charge in [0.2, 0.25) is 6.33 Å². The van der Waals surface area contributed by atoms with Crippen LogP contribution in [0.2, 0.25) is 0 Å². The smallest absolute Gasteiger partial charge is 0.239 e. The molecule has 0 aliphatic heterocycles. The van der Waals surface area contributed by atoms with Gasteiger partial charge in [0.25, 0.3) is 0 Å². The van der Waals surface area contributed by atoms with Gasteiger partial charge in [-0.25, -0.2) is 9.13 Å². The lowest BCUT2D eigenvalue weighted by Crippen LogP contribution is -2.23. The van der Waals surface area contributed by atoms with Crippen molar-refractivity contribution in [3.05, 3.63) is 60.2 Å². The lowest BCUT2D eigenvalue weighted by molar-refractivity contribution is -0.670. The van der Waals surface area contributed by atoms with Crippen molar-refractivity contribution in [1.29, 1.82) is 0 Å². The van der Waals surface area contributed by atoms with Crippen LogP contribution in [-0.2, 0) is 13.5 Å². The molecule has 3 rings (SSSR count). The molecule has 1 aliphatic rings. The average Bonchev–Trinajstić information content (AvgIpc) is 2.83. The Morgan fingerprint density at radius 3 is 2.93 bits per heavy atom. The van der Waals surface area contributed by atoms with Gasteiger partial charge in [-0.05, 0) is 18.1 Å². The van der Waals surface area contributed by atoms with Gasteiger partial charge in [-0.3, -0.25) is 0 Å². The summed E-state index contributed by atoms with van der Waals surface area (Å²) >= 11 is 0. The van der Waals surface area contributed by atoms with Crippen LogP contribution in [0.15, 0.2) is 49.1 Å². The molecular weight excluding hydrogens is 184 g/mol. The maximum absolute atomic E-state index is 2.28. The van der Waals surface area contributed by atoms with E-state index in [9.17, 15) is 0 Å². The highest BCUT2D eigenvalue weighted by molar-refractivity contribution is 5.72. The molecule has 74 valence electrons. The first-order valence-electron chi connectivity index (χ1n) is 5.16. The van der Waals surface area contributed by atoms with E-state index >= 15 is 0 Å². The van der Waals surface area contributed by atoms with E-state index in [1.807, 2.05) is 7.05 Å². The molecule has 2 nitrogen and oxygen atoms in total. The Balaban J connectivity index is 2.10. The molecule has 0 bridgehead atoms. The summed E-state index contributed by atoms with van der Waals surface area (Å²) in [5, 5.41) is 0. The third-order valence-corrected chi connectivity index (χ3v) is 2.86. The van der Waals surface area contributed by atoms with E-state index in [1.165, 1.54) is 16.8 Å². The quantitative estimate of drug-likeness (QED) is 0.616. The molecule has 0 fully saturated rings. The fourth-order valence-electron chi connectivity index (χ4n) is 2.10. The predicted molar refractivity (Wildman–Crippen MR) is 59.1 cm³/mol. The number of aryl methyl sites for hydroxylation is 1. The Labute approximate surface area is 89.1 Å². The number of imidazole rings is 1. The van der Waals surface area contributed by atoms with Crippen LogP contribution < -0.4 is 4.57 Å². The summed E-state index contributed by atoms with van der Waals surface area (Å²) in [7, 11) is 2.04. The first-order chi connectivity index (χ1) is 7.34. The van der Waals surface area contributed by atoms with E-state index in [0.717, 1.165) is 6.42 Å². The second-order valence-electron chi connectivity index (χ2n) is 3.94. The molecule has 0 saturated carbocycles. The minimum absolute atomic E-state index is 1.05. The van der Waals surface area contributed by atoms with Crippen molar-refractivity contribution >= 4 is 5.70 Å². The molecule has 1 aromatic carbocycles. The molecule has 0 unspecified atom stereocenters. The molecule has 15 heavy (non-hydrogen) atoms. The Morgan fingerprint density at radius 1 is 1.27 bits per heavy atom. The molecule has 1 heterocycles. The maximum Gasteiger partial charge on any atom is 0.248 e. The summed E-state index contributed by atoms with van der Waals surface area (Å²) in [5.41, 5.74) is 4.07. The molecule has 0 atom stereocenters. The van der Waals surface area contributed by atoms with Crippen LogP contribution in [0.5, 0.6) is 0 Å². The van der Waals surface area contributed by atoms with E-state index in [1.54, 1.807) is 0 Å². The number of aromatic nitrogens is 2. The molecule has 0 spiro atoms. The van der Waals surface area contributed by atoms with Crippen LogP contribution >= 0.6 is 0 Å². The molecule has 1 aliphatic carbocycles. The van der Waals surface area contributed by atoms with Crippen molar-refractivity contribution in [2.24, 2.45) is 7.05 Å². The first kappa shape index (κ1) is 8.48. The Morgan fingerprint density at radius 2 is 2.13 bits per heavy atom. The standard InChI is InChI=1S/C13H13N2/c1-14-8-9-15(10-14)13-7-6-11-4-2-3-5-12(11)13/h2-5,7-10H,6H2,1H3/q+1. The predicted octanol–water partition coefficient (Wildman–Crippen LogP) is 1.76. The number of benzene rings is 1. The van der Waals surface area contributed by atoms with Crippen molar-refractivity contribution in [1.82, 2.24) is 4.57 Å². The molecule has 0 radical (unpaired) electrons. The van der Waals surface area contributed by atoms with Crippen molar-refractivity contribution in [3.8, 4) is 0 Å². The van der Waals surface area contributed by atoms with Crippen molar-refractivity contribution in [3.63, 3.8) is 0 Å². The van der Waals surface area contributed by atoms with Gasteiger partial charge in [-0.1, -0.05) is 24.3 Å². The lowest BCUT2D eigenvalue weighted by Gasteiger charge is -2.00. The molecular formula is C13H13N2+. The second-order valence-corrected chi connectivity index (χ2v) is 3.94. The summed E-state index contributed by atoms with van der Waals surface area (Å²) in [6, 6.07) is 8.59. The van der Waals surface area contributed by atoms with E-state index in [0.29, 0.717) is 0 Å². The van der Waals surface area contributed by atoms with Gasteiger partial charge in [0, 0.05) is 5.56 Å². The average molecular weight is 197 g/mol. The van der Waals surface area contributed by atoms with Gasteiger partial charge >= 0.3 is 0 Å². The molecule has 0 amide bonds. The zero-order valence-electron chi connectivity index (χ0n) is 8.72. The van der Waals surface area contributed by atoms with E-state index < -0.39 is 0 Å². The molecule has 0 saturated heterocycles. The minimum Gasteiger partial charge on any atom is -0.239 e. The molecule has 2 aromatic rings. The maximum atomic E-state index is 2.28. The topological polar surface area (TPSA) is 8.81 Å². The number of hydrogen-bond acceptors (Lipinski definition) is 0.